The first-order valence-electron chi connectivity index (χ1n) is 13.6. The van der Waals surface area contributed by atoms with Crippen LogP contribution in [0.15, 0.2) is 103 Å². The van der Waals surface area contributed by atoms with Gasteiger partial charge in [0.05, 0.1) is 0 Å². The van der Waals surface area contributed by atoms with Gasteiger partial charge in [0.25, 0.3) is 0 Å². The van der Waals surface area contributed by atoms with Crippen LogP contribution >= 0.6 is 0 Å². The van der Waals surface area contributed by atoms with Gasteiger partial charge in [0.2, 0.25) is 0 Å². The first kappa shape index (κ1) is 23.0. The molecule has 6 aromatic rings. The lowest BCUT2D eigenvalue weighted by Gasteiger charge is -2.22. The SMILES string of the molecule is Cc1cc(C)cc(-c2c3ccccc3c(-c3ccc4c(c3)-c3ccccc3C4(C)C)c3cc(C)ccc23)c1. The smallest absolute Gasteiger partial charge is 0.0158 e. The summed E-state index contributed by atoms with van der Waals surface area (Å²) in [6.45, 7) is 11.3. The largest absolute Gasteiger partial charge is 0.0619 e. The molecule has 0 radical (unpaired) electrons. The number of hydrogen-bond donors (Lipinski definition) is 0. The fourth-order valence-electron chi connectivity index (χ4n) is 6.91. The Morgan fingerprint density at radius 1 is 0.421 bits per heavy atom. The maximum Gasteiger partial charge on any atom is 0.0158 e. The zero-order valence-electron chi connectivity index (χ0n) is 22.8. The van der Waals surface area contributed by atoms with E-state index in [-0.39, 0.29) is 5.41 Å². The molecule has 0 fully saturated rings. The minimum absolute atomic E-state index is 0.0120. The molecule has 184 valence electrons. The van der Waals surface area contributed by atoms with Crippen LogP contribution in [-0.4, -0.2) is 0 Å². The van der Waals surface area contributed by atoms with Gasteiger partial charge >= 0.3 is 0 Å². The number of rotatable bonds is 2. The number of hydrogen-bond acceptors (Lipinski definition) is 0. The fraction of sp³-hybridized carbons (Fsp3) is 0.158. The molecule has 6 aromatic carbocycles. The van der Waals surface area contributed by atoms with Gasteiger partial charge in [0.1, 0.15) is 0 Å². The summed E-state index contributed by atoms with van der Waals surface area (Å²) >= 11 is 0. The van der Waals surface area contributed by atoms with Gasteiger partial charge < -0.3 is 0 Å². The van der Waals surface area contributed by atoms with E-state index in [1.165, 1.54) is 82.7 Å². The van der Waals surface area contributed by atoms with E-state index >= 15 is 0 Å². The van der Waals surface area contributed by atoms with Crippen molar-refractivity contribution in [2.75, 3.05) is 0 Å². The van der Waals surface area contributed by atoms with Gasteiger partial charge in [0.15, 0.2) is 0 Å². The average molecular weight is 489 g/mol. The second-order valence-electron chi connectivity index (χ2n) is 11.7. The molecule has 0 spiro atoms. The summed E-state index contributed by atoms with van der Waals surface area (Å²) in [5.74, 6) is 0. The Balaban J connectivity index is 1.60. The minimum atomic E-state index is 0.0120. The summed E-state index contributed by atoms with van der Waals surface area (Å²) in [5, 5.41) is 5.26. The third-order valence-corrected chi connectivity index (χ3v) is 8.56. The molecule has 0 aromatic heterocycles. The molecule has 0 atom stereocenters. The molecule has 1 aliphatic carbocycles. The monoisotopic (exact) mass is 488 g/mol. The molecule has 0 unspecified atom stereocenters. The summed E-state index contributed by atoms with van der Waals surface area (Å²) in [5.41, 5.74) is 14.7. The molecule has 38 heavy (non-hydrogen) atoms. The third-order valence-electron chi connectivity index (χ3n) is 8.56. The summed E-state index contributed by atoms with van der Waals surface area (Å²) in [7, 11) is 0. The summed E-state index contributed by atoms with van der Waals surface area (Å²) < 4.78 is 0. The van der Waals surface area contributed by atoms with Crippen LogP contribution in [0.25, 0.3) is 54.9 Å². The van der Waals surface area contributed by atoms with Crippen LogP contribution in [0, 0.1) is 20.8 Å². The normalized spacial score (nSPS) is 13.6. The van der Waals surface area contributed by atoms with Crippen molar-refractivity contribution >= 4 is 21.5 Å². The Bertz CT molecular complexity index is 1900. The van der Waals surface area contributed by atoms with Gasteiger partial charge in [-0.25, -0.2) is 0 Å². The Morgan fingerprint density at radius 3 is 1.76 bits per heavy atom. The van der Waals surface area contributed by atoms with Crippen molar-refractivity contribution in [3.05, 3.63) is 131 Å². The van der Waals surface area contributed by atoms with Gasteiger partial charge in [-0.15, -0.1) is 0 Å². The highest BCUT2D eigenvalue weighted by Gasteiger charge is 2.35. The molecule has 0 nitrogen and oxygen atoms in total. The van der Waals surface area contributed by atoms with Crippen molar-refractivity contribution in [3.63, 3.8) is 0 Å². The average Bonchev–Trinajstić information content (AvgIpc) is 3.13. The predicted octanol–water partition coefficient (Wildman–Crippen LogP) is 10.6. The maximum atomic E-state index is 2.45. The third kappa shape index (κ3) is 3.30. The van der Waals surface area contributed by atoms with E-state index in [1.807, 2.05) is 0 Å². The second kappa shape index (κ2) is 8.17. The zero-order valence-corrected chi connectivity index (χ0v) is 22.8. The summed E-state index contributed by atoms with van der Waals surface area (Å²) in [6.07, 6.45) is 0. The molecule has 0 heterocycles. The predicted molar refractivity (Wildman–Crippen MR) is 164 cm³/mol. The molecule has 7 rings (SSSR count). The Hall–Kier alpha value is -4.16. The van der Waals surface area contributed by atoms with Crippen LogP contribution in [-0.2, 0) is 5.41 Å². The van der Waals surface area contributed by atoms with Crippen LogP contribution in [0.3, 0.4) is 0 Å². The highest BCUT2D eigenvalue weighted by Crippen LogP contribution is 2.51. The first-order chi connectivity index (χ1) is 18.3. The highest BCUT2D eigenvalue weighted by atomic mass is 14.4. The van der Waals surface area contributed by atoms with Crippen LogP contribution < -0.4 is 0 Å². The van der Waals surface area contributed by atoms with Crippen LogP contribution in [0.4, 0.5) is 0 Å². The van der Waals surface area contributed by atoms with E-state index < -0.39 is 0 Å². The standard InChI is InChI=1S/C38H32/c1-23-14-16-31-33(21-23)36(26-15-17-35-32(22-26)28-10-8-9-13-34(28)38(35,4)5)29-11-6-7-12-30(29)37(31)27-19-24(2)18-25(3)20-27/h6-22H,1-5H3. The minimum Gasteiger partial charge on any atom is -0.0619 e. The maximum absolute atomic E-state index is 2.45. The van der Waals surface area contributed by atoms with Crippen molar-refractivity contribution in [3.8, 4) is 33.4 Å². The molecule has 0 saturated carbocycles. The van der Waals surface area contributed by atoms with E-state index in [0.29, 0.717) is 0 Å². The van der Waals surface area contributed by atoms with Crippen molar-refractivity contribution in [2.45, 2.75) is 40.0 Å². The second-order valence-corrected chi connectivity index (χ2v) is 11.7. The lowest BCUT2D eigenvalue weighted by molar-refractivity contribution is 0.660. The molecule has 0 amide bonds. The molecular weight excluding hydrogens is 456 g/mol. The Kier molecular flexibility index (Phi) is 4.94. The molecular formula is C38H32. The van der Waals surface area contributed by atoms with Gasteiger partial charge in [-0.2, -0.15) is 0 Å². The first-order valence-corrected chi connectivity index (χ1v) is 13.6. The molecule has 0 aliphatic heterocycles. The summed E-state index contributed by atoms with van der Waals surface area (Å²) in [6, 6.07) is 39.0. The quantitative estimate of drug-likeness (QED) is 0.213. The fourth-order valence-corrected chi connectivity index (χ4v) is 6.91. The van der Waals surface area contributed by atoms with E-state index in [1.54, 1.807) is 0 Å². The van der Waals surface area contributed by atoms with Gasteiger partial charge in [-0.1, -0.05) is 128 Å². The van der Waals surface area contributed by atoms with Crippen LogP contribution in [0.5, 0.6) is 0 Å². The van der Waals surface area contributed by atoms with Crippen molar-refractivity contribution < 1.29 is 0 Å². The van der Waals surface area contributed by atoms with Crippen LogP contribution in [0.1, 0.15) is 41.7 Å². The van der Waals surface area contributed by atoms with Gasteiger partial charge in [-0.05, 0) is 92.9 Å². The van der Waals surface area contributed by atoms with Gasteiger partial charge in [0, 0.05) is 5.41 Å². The van der Waals surface area contributed by atoms with E-state index in [9.17, 15) is 0 Å². The molecule has 0 heteroatoms. The number of benzene rings is 6. The van der Waals surface area contributed by atoms with Crippen molar-refractivity contribution in [1.29, 1.82) is 0 Å². The lowest BCUT2D eigenvalue weighted by Crippen LogP contribution is -2.14. The van der Waals surface area contributed by atoms with E-state index in [0.717, 1.165) is 0 Å². The number of aryl methyl sites for hydroxylation is 3. The molecule has 1 aliphatic rings. The highest BCUT2D eigenvalue weighted by molar-refractivity contribution is 6.21. The zero-order chi connectivity index (χ0) is 26.2. The molecule has 0 N–H and O–H groups in total. The molecule has 0 bridgehead atoms. The van der Waals surface area contributed by atoms with E-state index in [2.05, 4.69) is 138 Å². The van der Waals surface area contributed by atoms with Gasteiger partial charge in [-0.3, -0.25) is 0 Å². The molecule has 0 saturated heterocycles. The topological polar surface area (TPSA) is 0 Å². The van der Waals surface area contributed by atoms with Crippen molar-refractivity contribution in [1.82, 2.24) is 0 Å². The lowest BCUT2D eigenvalue weighted by atomic mass is 9.81. The van der Waals surface area contributed by atoms with Crippen LogP contribution in [0.2, 0.25) is 0 Å². The Labute approximate surface area is 225 Å². The van der Waals surface area contributed by atoms with E-state index in [4.69, 9.17) is 0 Å². The summed E-state index contributed by atoms with van der Waals surface area (Å²) in [4.78, 5) is 0. The Morgan fingerprint density at radius 2 is 1.03 bits per heavy atom. The van der Waals surface area contributed by atoms with Crippen molar-refractivity contribution in [2.24, 2.45) is 0 Å². The number of fused-ring (bicyclic) bond motifs is 5.